The maximum atomic E-state index is 8.96. The largest absolute Gasteiger partial charge is 0.389 e. The minimum atomic E-state index is -0.888. The van der Waals surface area contributed by atoms with E-state index in [1.807, 2.05) is 0 Å². The van der Waals surface area contributed by atoms with Crippen LogP contribution in [0.15, 0.2) is 0 Å². The van der Waals surface area contributed by atoms with E-state index < -0.39 is 12.2 Å². The predicted molar refractivity (Wildman–Crippen MR) is 38.9 cm³/mol. The molecule has 0 aromatic heterocycles. The third-order valence-corrected chi connectivity index (χ3v) is 1.10. The van der Waals surface area contributed by atoms with Crippen LogP contribution in [0.25, 0.3) is 0 Å². The highest BCUT2D eigenvalue weighted by Gasteiger charge is 2.12. The van der Waals surface area contributed by atoms with Crippen LogP contribution >= 0.6 is 0 Å². The lowest BCUT2D eigenvalue weighted by Crippen LogP contribution is -2.24. The molecule has 2 N–H and O–H groups in total. The second-order valence-corrected chi connectivity index (χ2v) is 1.95. The van der Waals surface area contributed by atoms with Gasteiger partial charge in [-0.25, -0.2) is 0 Å². The van der Waals surface area contributed by atoms with Gasteiger partial charge in [-0.05, 0) is 0 Å². The van der Waals surface area contributed by atoms with E-state index in [2.05, 4.69) is 11.8 Å². The van der Waals surface area contributed by atoms with E-state index in [9.17, 15) is 0 Å². The Kier molecular flexibility index (Phi) is 4.41. The SMILES string of the molecule is C#CC[C@@H](O)[C@@H](O)CC#C. The zero-order valence-electron chi connectivity index (χ0n) is 5.62. The van der Waals surface area contributed by atoms with Crippen LogP contribution in [0, 0.1) is 24.7 Å². The fourth-order valence-corrected chi connectivity index (χ4v) is 0.514. The molecule has 0 saturated carbocycles. The number of aliphatic hydroxyl groups is 2. The molecule has 0 unspecified atom stereocenters. The Bertz CT molecular complexity index is 141. The van der Waals surface area contributed by atoms with Gasteiger partial charge in [0.2, 0.25) is 0 Å². The summed E-state index contributed by atoms with van der Waals surface area (Å²) in [4.78, 5) is 0. The van der Waals surface area contributed by atoms with E-state index in [-0.39, 0.29) is 12.8 Å². The van der Waals surface area contributed by atoms with Gasteiger partial charge in [-0.3, -0.25) is 0 Å². The van der Waals surface area contributed by atoms with Crippen LogP contribution < -0.4 is 0 Å². The molecule has 0 fully saturated rings. The molecule has 2 heteroatoms. The molecule has 0 aromatic carbocycles. The summed E-state index contributed by atoms with van der Waals surface area (Å²) in [7, 11) is 0. The molecule has 0 amide bonds. The highest BCUT2D eigenvalue weighted by atomic mass is 16.3. The summed E-state index contributed by atoms with van der Waals surface area (Å²) in [5.41, 5.74) is 0. The molecular weight excluding hydrogens is 128 g/mol. The number of terminal acetylenes is 2. The molecule has 0 aliphatic rings. The summed E-state index contributed by atoms with van der Waals surface area (Å²) in [5.74, 6) is 4.46. The van der Waals surface area contributed by atoms with Crippen LogP contribution in [-0.2, 0) is 0 Å². The summed E-state index contributed by atoms with van der Waals surface area (Å²) in [6.07, 6.45) is 8.29. The normalized spacial score (nSPS) is 14.8. The van der Waals surface area contributed by atoms with Crippen molar-refractivity contribution >= 4 is 0 Å². The van der Waals surface area contributed by atoms with Gasteiger partial charge >= 0.3 is 0 Å². The monoisotopic (exact) mass is 138 g/mol. The second kappa shape index (κ2) is 4.88. The number of aliphatic hydroxyl groups excluding tert-OH is 2. The molecule has 10 heavy (non-hydrogen) atoms. The highest BCUT2D eigenvalue weighted by Crippen LogP contribution is 2.00. The van der Waals surface area contributed by atoms with Crippen LogP contribution in [0.4, 0.5) is 0 Å². The average molecular weight is 138 g/mol. The Hall–Kier alpha value is -0.960. The van der Waals surface area contributed by atoms with Gasteiger partial charge in [0, 0.05) is 12.8 Å². The van der Waals surface area contributed by atoms with E-state index in [1.165, 1.54) is 0 Å². The molecule has 0 aliphatic carbocycles. The fraction of sp³-hybridized carbons (Fsp3) is 0.500. The van der Waals surface area contributed by atoms with Crippen molar-refractivity contribution in [3.63, 3.8) is 0 Å². The van der Waals surface area contributed by atoms with Crippen LogP contribution in [0.2, 0.25) is 0 Å². The lowest BCUT2D eigenvalue weighted by molar-refractivity contribution is 0.0264. The van der Waals surface area contributed by atoms with E-state index >= 15 is 0 Å². The van der Waals surface area contributed by atoms with Crippen molar-refractivity contribution in [2.24, 2.45) is 0 Å². The molecule has 54 valence electrons. The van der Waals surface area contributed by atoms with E-state index in [1.54, 1.807) is 0 Å². The van der Waals surface area contributed by atoms with Gasteiger partial charge in [0.05, 0.1) is 12.2 Å². The van der Waals surface area contributed by atoms with Crippen molar-refractivity contribution in [2.45, 2.75) is 25.0 Å². The quantitative estimate of drug-likeness (QED) is 0.528. The smallest absolute Gasteiger partial charge is 0.0917 e. The first-order valence-electron chi connectivity index (χ1n) is 2.95. The lowest BCUT2D eigenvalue weighted by atomic mass is 10.1. The predicted octanol–water partition coefficient (Wildman–Crippen LogP) is -0.245. The summed E-state index contributed by atoms with van der Waals surface area (Å²) in [6.45, 7) is 0. The molecular formula is C8H10O2. The summed E-state index contributed by atoms with van der Waals surface area (Å²) in [5, 5.41) is 17.9. The van der Waals surface area contributed by atoms with Crippen molar-refractivity contribution in [1.82, 2.24) is 0 Å². The first kappa shape index (κ1) is 9.04. The third-order valence-electron chi connectivity index (χ3n) is 1.10. The van der Waals surface area contributed by atoms with Gasteiger partial charge in [-0.15, -0.1) is 24.7 Å². The van der Waals surface area contributed by atoms with Crippen molar-refractivity contribution in [2.75, 3.05) is 0 Å². The Morgan fingerprint density at radius 1 is 1.00 bits per heavy atom. The van der Waals surface area contributed by atoms with Gasteiger partial charge in [0.15, 0.2) is 0 Å². The molecule has 0 saturated heterocycles. The van der Waals surface area contributed by atoms with Crippen LogP contribution in [-0.4, -0.2) is 22.4 Å². The molecule has 0 radical (unpaired) electrons. The van der Waals surface area contributed by atoms with Crippen LogP contribution in [0.3, 0.4) is 0 Å². The van der Waals surface area contributed by atoms with Gasteiger partial charge in [0.25, 0.3) is 0 Å². The Morgan fingerprint density at radius 2 is 1.30 bits per heavy atom. The maximum Gasteiger partial charge on any atom is 0.0917 e. The Labute approximate surface area is 60.9 Å². The van der Waals surface area contributed by atoms with Crippen molar-refractivity contribution in [3.8, 4) is 24.7 Å². The summed E-state index contributed by atoms with van der Waals surface area (Å²) in [6, 6.07) is 0. The molecule has 0 aromatic rings. The Balaban J connectivity index is 3.63. The lowest BCUT2D eigenvalue weighted by Gasteiger charge is -2.11. The van der Waals surface area contributed by atoms with Crippen LogP contribution in [0.5, 0.6) is 0 Å². The topological polar surface area (TPSA) is 40.5 Å². The minimum absolute atomic E-state index is 0.142. The summed E-state index contributed by atoms with van der Waals surface area (Å²) >= 11 is 0. The molecule has 0 heterocycles. The highest BCUT2D eigenvalue weighted by molar-refractivity contribution is 4.94. The molecule has 0 bridgehead atoms. The summed E-state index contributed by atoms with van der Waals surface area (Å²) < 4.78 is 0. The number of hydrogen-bond donors (Lipinski definition) is 2. The fourth-order valence-electron chi connectivity index (χ4n) is 0.514. The van der Waals surface area contributed by atoms with Gasteiger partial charge < -0.3 is 10.2 Å². The van der Waals surface area contributed by atoms with E-state index in [0.29, 0.717) is 0 Å². The standard InChI is InChI=1S/C8H10O2/c1-3-5-7(9)8(10)6-4-2/h1-2,7-10H,5-6H2/t7-,8+. The maximum absolute atomic E-state index is 8.96. The van der Waals surface area contributed by atoms with Gasteiger partial charge in [-0.2, -0.15) is 0 Å². The molecule has 0 rings (SSSR count). The van der Waals surface area contributed by atoms with Crippen molar-refractivity contribution in [3.05, 3.63) is 0 Å². The number of rotatable bonds is 3. The molecule has 0 aliphatic heterocycles. The molecule has 2 nitrogen and oxygen atoms in total. The van der Waals surface area contributed by atoms with Gasteiger partial charge in [-0.1, -0.05) is 0 Å². The van der Waals surface area contributed by atoms with Crippen molar-refractivity contribution < 1.29 is 10.2 Å². The first-order valence-corrected chi connectivity index (χ1v) is 2.95. The first-order chi connectivity index (χ1) is 4.72. The Morgan fingerprint density at radius 3 is 1.50 bits per heavy atom. The minimum Gasteiger partial charge on any atom is -0.389 e. The second-order valence-electron chi connectivity index (χ2n) is 1.95. The zero-order valence-corrected chi connectivity index (χ0v) is 5.62. The third kappa shape index (κ3) is 3.14. The van der Waals surface area contributed by atoms with Crippen LogP contribution in [0.1, 0.15) is 12.8 Å². The van der Waals surface area contributed by atoms with Gasteiger partial charge in [0.1, 0.15) is 0 Å². The number of hydrogen-bond acceptors (Lipinski definition) is 2. The van der Waals surface area contributed by atoms with Crippen molar-refractivity contribution in [1.29, 1.82) is 0 Å². The molecule has 2 atom stereocenters. The van der Waals surface area contributed by atoms with E-state index in [4.69, 9.17) is 23.1 Å². The van der Waals surface area contributed by atoms with E-state index in [0.717, 1.165) is 0 Å². The average Bonchev–Trinajstić information content (AvgIpc) is 1.89. The zero-order chi connectivity index (χ0) is 7.98. The molecule has 0 spiro atoms.